The van der Waals surface area contributed by atoms with Gasteiger partial charge in [-0.25, -0.2) is 10.8 Å². The van der Waals surface area contributed by atoms with Crippen molar-refractivity contribution in [1.29, 1.82) is 0 Å². The fourth-order valence-electron chi connectivity index (χ4n) is 2.21. The summed E-state index contributed by atoms with van der Waals surface area (Å²) in [6.45, 7) is 5.20. The van der Waals surface area contributed by atoms with Crippen molar-refractivity contribution in [3.8, 4) is 0 Å². The van der Waals surface area contributed by atoms with E-state index < -0.39 is 4.92 Å². The molecule has 3 N–H and O–H groups in total. The number of hydrogen-bond donors (Lipinski definition) is 2. The molecule has 2 heterocycles. The zero-order chi connectivity index (χ0) is 14.0. The van der Waals surface area contributed by atoms with Crippen molar-refractivity contribution < 1.29 is 9.66 Å². The van der Waals surface area contributed by atoms with Gasteiger partial charge < -0.3 is 15.1 Å². The topological polar surface area (TPSA) is 107 Å². The number of aromatic nitrogens is 1. The van der Waals surface area contributed by atoms with Crippen LogP contribution < -0.4 is 16.2 Å². The summed E-state index contributed by atoms with van der Waals surface area (Å²) in [6.07, 6.45) is 0.109. The Morgan fingerprint density at radius 3 is 2.63 bits per heavy atom. The van der Waals surface area contributed by atoms with Crippen molar-refractivity contribution in [2.24, 2.45) is 5.84 Å². The second kappa shape index (κ2) is 5.37. The van der Waals surface area contributed by atoms with Gasteiger partial charge in [0.1, 0.15) is 11.6 Å². The summed E-state index contributed by atoms with van der Waals surface area (Å²) in [5.41, 5.74) is 2.31. The van der Waals surface area contributed by atoms with Crippen molar-refractivity contribution >= 4 is 17.3 Å². The largest absolute Gasteiger partial charge is 0.372 e. The lowest BCUT2D eigenvalue weighted by molar-refractivity contribution is -0.384. The fourth-order valence-corrected chi connectivity index (χ4v) is 2.21. The summed E-state index contributed by atoms with van der Waals surface area (Å²) in [5.74, 6) is 6.10. The van der Waals surface area contributed by atoms with E-state index in [2.05, 4.69) is 10.4 Å². The molecular weight excluding hydrogens is 250 g/mol. The number of nitrogen functional groups attached to an aromatic ring is 1. The predicted octanol–water partition coefficient (Wildman–Crippen LogP) is 0.889. The maximum absolute atomic E-state index is 10.9. The van der Waals surface area contributed by atoms with E-state index in [1.165, 1.54) is 12.1 Å². The van der Waals surface area contributed by atoms with Crippen LogP contribution >= 0.6 is 0 Å². The van der Waals surface area contributed by atoms with Crippen LogP contribution in [0.3, 0.4) is 0 Å². The summed E-state index contributed by atoms with van der Waals surface area (Å²) < 4.78 is 5.63. The number of ether oxygens (including phenoxy) is 1. The van der Waals surface area contributed by atoms with Crippen LogP contribution in [0, 0.1) is 10.1 Å². The number of rotatable bonds is 3. The maximum Gasteiger partial charge on any atom is 0.276 e. The molecule has 104 valence electrons. The highest BCUT2D eigenvalue weighted by Gasteiger charge is 2.25. The third kappa shape index (κ3) is 3.09. The van der Waals surface area contributed by atoms with E-state index in [0.717, 1.165) is 0 Å². The molecule has 1 aliphatic heterocycles. The van der Waals surface area contributed by atoms with Crippen molar-refractivity contribution in [2.45, 2.75) is 26.1 Å². The molecule has 0 saturated carbocycles. The van der Waals surface area contributed by atoms with Gasteiger partial charge in [0.05, 0.1) is 29.3 Å². The fraction of sp³-hybridized carbons (Fsp3) is 0.545. The Hall–Kier alpha value is -1.93. The van der Waals surface area contributed by atoms with Gasteiger partial charge in [-0.05, 0) is 13.8 Å². The molecule has 0 amide bonds. The molecule has 0 bridgehead atoms. The van der Waals surface area contributed by atoms with Crippen LogP contribution in [0.1, 0.15) is 13.8 Å². The molecule has 1 aromatic rings. The molecule has 0 radical (unpaired) electrons. The molecule has 8 heteroatoms. The third-order valence-electron chi connectivity index (χ3n) is 2.90. The standard InChI is InChI=1S/C11H17N5O3/c1-7-5-15(6-8(2)19-7)11-4-9(16(17)18)3-10(13-11)14-12/h3-4,7-8H,5-6,12H2,1-2H3,(H,13,14). The summed E-state index contributed by atoms with van der Waals surface area (Å²) in [4.78, 5) is 16.7. The van der Waals surface area contributed by atoms with Gasteiger partial charge in [0, 0.05) is 13.1 Å². The quantitative estimate of drug-likeness (QED) is 0.475. The Morgan fingerprint density at radius 1 is 1.47 bits per heavy atom. The van der Waals surface area contributed by atoms with E-state index in [1.54, 1.807) is 0 Å². The smallest absolute Gasteiger partial charge is 0.276 e. The van der Waals surface area contributed by atoms with Crippen molar-refractivity contribution in [2.75, 3.05) is 23.4 Å². The molecule has 0 spiro atoms. The first-order valence-electron chi connectivity index (χ1n) is 6.03. The number of anilines is 2. The van der Waals surface area contributed by atoms with Gasteiger partial charge in [-0.15, -0.1) is 0 Å². The van der Waals surface area contributed by atoms with Gasteiger partial charge in [0.15, 0.2) is 0 Å². The molecule has 1 fully saturated rings. The lowest BCUT2D eigenvalue weighted by Crippen LogP contribution is -2.45. The average Bonchev–Trinajstić information content (AvgIpc) is 2.37. The van der Waals surface area contributed by atoms with Crippen LogP contribution in [0.4, 0.5) is 17.3 Å². The van der Waals surface area contributed by atoms with Crippen molar-refractivity contribution in [3.05, 3.63) is 22.2 Å². The maximum atomic E-state index is 10.9. The molecule has 2 rings (SSSR count). The summed E-state index contributed by atoms with van der Waals surface area (Å²) >= 11 is 0. The number of nitrogens with one attached hydrogen (secondary N) is 1. The second-order valence-corrected chi connectivity index (χ2v) is 4.63. The molecular formula is C11H17N5O3. The van der Waals surface area contributed by atoms with Gasteiger partial charge in [-0.2, -0.15) is 0 Å². The highest BCUT2D eigenvalue weighted by atomic mass is 16.6. The minimum atomic E-state index is -0.459. The van der Waals surface area contributed by atoms with Gasteiger partial charge >= 0.3 is 0 Å². The highest BCUT2D eigenvalue weighted by molar-refractivity contribution is 5.55. The Bertz CT molecular complexity index is 471. The number of pyridine rings is 1. The zero-order valence-corrected chi connectivity index (χ0v) is 10.9. The number of nitro groups is 1. The second-order valence-electron chi connectivity index (χ2n) is 4.63. The molecule has 2 unspecified atom stereocenters. The van der Waals surface area contributed by atoms with Gasteiger partial charge in [-0.1, -0.05) is 0 Å². The molecule has 1 saturated heterocycles. The minimum Gasteiger partial charge on any atom is -0.372 e. The Kier molecular flexibility index (Phi) is 3.82. The van der Waals surface area contributed by atoms with E-state index in [9.17, 15) is 10.1 Å². The molecule has 2 atom stereocenters. The van der Waals surface area contributed by atoms with Gasteiger partial charge in [-0.3, -0.25) is 10.1 Å². The third-order valence-corrected chi connectivity index (χ3v) is 2.90. The van der Waals surface area contributed by atoms with Crippen molar-refractivity contribution in [1.82, 2.24) is 4.98 Å². The molecule has 0 aliphatic carbocycles. The average molecular weight is 267 g/mol. The SMILES string of the molecule is CC1CN(c2cc([N+](=O)[O-])cc(NN)n2)CC(C)O1. The van der Waals surface area contributed by atoms with E-state index in [1.807, 2.05) is 18.7 Å². The van der Waals surface area contributed by atoms with Crippen LogP contribution in [-0.2, 0) is 4.74 Å². The number of hydrogen-bond acceptors (Lipinski definition) is 7. The summed E-state index contributed by atoms with van der Waals surface area (Å²) in [7, 11) is 0. The predicted molar refractivity (Wildman–Crippen MR) is 70.9 cm³/mol. The molecule has 1 aromatic heterocycles. The summed E-state index contributed by atoms with van der Waals surface area (Å²) in [5, 5.41) is 10.9. The zero-order valence-electron chi connectivity index (χ0n) is 10.9. The van der Waals surface area contributed by atoms with Crippen LogP contribution in [0.5, 0.6) is 0 Å². The van der Waals surface area contributed by atoms with E-state index in [0.29, 0.717) is 18.9 Å². The molecule has 8 nitrogen and oxygen atoms in total. The number of hydrazine groups is 1. The van der Waals surface area contributed by atoms with E-state index >= 15 is 0 Å². The lowest BCUT2D eigenvalue weighted by Gasteiger charge is -2.36. The normalized spacial score (nSPS) is 23.2. The van der Waals surface area contributed by atoms with Gasteiger partial charge in [0.25, 0.3) is 5.69 Å². The highest BCUT2D eigenvalue weighted by Crippen LogP contribution is 2.25. The monoisotopic (exact) mass is 267 g/mol. The van der Waals surface area contributed by atoms with Crippen molar-refractivity contribution in [3.63, 3.8) is 0 Å². The lowest BCUT2D eigenvalue weighted by atomic mass is 10.2. The number of nitrogens with two attached hydrogens (primary N) is 1. The first kappa shape index (κ1) is 13.5. The Labute approximate surface area is 110 Å². The van der Waals surface area contributed by atoms with Crippen LogP contribution in [0.25, 0.3) is 0 Å². The molecule has 1 aliphatic rings. The minimum absolute atomic E-state index is 0.0373. The first-order chi connectivity index (χ1) is 8.99. The first-order valence-corrected chi connectivity index (χ1v) is 6.03. The molecule has 0 aromatic carbocycles. The van der Waals surface area contributed by atoms with Crippen LogP contribution in [-0.4, -0.2) is 35.2 Å². The van der Waals surface area contributed by atoms with Crippen LogP contribution in [0.2, 0.25) is 0 Å². The number of morpholine rings is 1. The van der Waals surface area contributed by atoms with E-state index in [4.69, 9.17) is 10.6 Å². The molecule has 19 heavy (non-hydrogen) atoms. The number of nitrogens with zero attached hydrogens (tertiary/aromatic N) is 3. The summed E-state index contributed by atoms with van der Waals surface area (Å²) in [6, 6.07) is 2.75. The van der Waals surface area contributed by atoms with Crippen LogP contribution in [0.15, 0.2) is 12.1 Å². The Balaban J connectivity index is 2.32. The van der Waals surface area contributed by atoms with E-state index in [-0.39, 0.29) is 23.7 Å². The Morgan fingerprint density at radius 2 is 2.11 bits per heavy atom. The van der Waals surface area contributed by atoms with Gasteiger partial charge in [0.2, 0.25) is 0 Å².